The minimum absolute atomic E-state index is 0.175. The second-order valence-electron chi connectivity index (χ2n) is 7.07. The average molecular weight is 389 g/mol. The zero-order valence-electron chi connectivity index (χ0n) is 16.9. The molecular weight excluding hydrogens is 366 g/mol. The number of rotatable bonds is 4. The Morgan fingerprint density at radius 1 is 1.14 bits per heavy atom. The normalized spacial score (nSPS) is 15.5. The zero-order chi connectivity index (χ0) is 20.5. The molecule has 0 bridgehead atoms. The lowest BCUT2D eigenvalue weighted by molar-refractivity contribution is -0.113. The second kappa shape index (κ2) is 7.43. The first-order valence-corrected chi connectivity index (χ1v) is 9.38. The Kier molecular flexibility index (Phi) is 4.80. The summed E-state index contributed by atoms with van der Waals surface area (Å²) in [4.78, 5) is 17.7. The van der Waals surface area contributed by atoms with E-state index in [1.165, 1.54) is 6.33 Å². The Balaban J connectivity index is 1.76. The fourth-order valence-corrected chi connectivity index (χ4v) is 3.56. The van der Waals surface area contributed by atoms with E-state index in [1.54, 1.807) is 11.8 Å². The number of aromatic nitrogens is 3. The molecule has 0 saturated heterocycles. The molecule has 1 aliphatic rings. The maximum atomic E-state index is 13.4. The number of allylic oxidation sites excluding steroid dienone is 1. The molecule has 1 aromatic heterocycles. The van der Waals surface area contributed by atoms with E-state index >= 15 is 0 Å². The molecule has 1 amide bonds. The van der Waals surface area contributed by atoms with Crippen LogP contribution in [0.2, 0.25) is 0 Å². The van der Waals surface area contributed by atoms with Crippen LogP contribution in [0.3, 0.4) is 0 Å². The third-order valence-corrected chi connectivity index (χ3v) is 5.32. The molecule has 1 unspecified atom stereocenters. The Morgan fingerprint density at radius 2 is 1.90 bits per heavy atom. The molecule has 0 saturated carbocycles. The minimum Gasteiger partial charge on any atom is -0.497 e. The standard InChI is InChI=1S/C22H23N5O2/c1-13-6-5-7-18(14(13)2)26-21(28)19-15(3)25-22-23-12-24-27(22)20(19)16-8-10-17(29-4)11-9-16/h5-12,20H,1-4H3,(H,26,28)(H,23,24,25). The molecule has 7 nitrogen and oxygen atoms in total. The van der Waals surface area contributed by atoms with Gasteiger partial charge in [0.25, 0.3) is 5.91 Å². The molecule has 0 radical (unpaired) electrons. The average Bonchev–Trinajstić information content (AvgIpc) is 3.18. The number of amides is 1. The van der Waals surface area contributed by atoms with Crippen molar-refractivity contribution in [1.82, 2.24) is 14.8 Å². The summed E-state index contributed by atoms with van der Waals surface area (Å²) in [5.74, 6) is 1.18. The van der Waals surface area contributed by atoms with Gasteiger partial charge in [0, 0.05) is 11.4 Å². The molecule has 148 valence electrons. The van der Waals surface area contributed by atoms with Gasteiger partial charge in [0.15, 0.2) is 0 Å². The summed E-state index contributed by atoms with van der Waals surface area (Å²) in [5, 5.41) is 10.6. The van der Waals surface area contributed by atoms with Gasteiger partial charge in [0.1, 0.15) is 18.1 Å². The van der Waals surface area contributed by atoms with Gasteiger partial charge in [-0.2, -0.15) is 10.1 Å². The van der Waals surface area contributed by atoms with Crippen LogP contribution in [0.4, 0.5) is 11.6 Å². The van der Waals surface area contributed by atoms with E-state index in [9.17, 15) is 4.79 Å². The van der Waals surface area contributed by atoms with Crippen LogP contribution >= 0.6 is 0 Å². The monoisotopic (exact) mass is 389 g/mol. The number of fused-ring (bicyclic) bond motifs is 1. The van der Waals surface area contributed by atoms with Crippen molar-refractivity contribution in [3.05, 3.63) is 76.8 Å². The largest absolute Gasteiger partial charge is 0.497 e. The number of carbonyl (C=O) groups is 1. The van der Waals surface area contributed by atoms with Crippen LogP contribution in [0.1, 0.15) is 29.7 Å². The Labute approximate surface area is 169 Å². The van der Waals surface area contributed by atoms with E-state index in [-0.39, 0.29) is 5.91 Å². The van der Waals surface area contributed by atoms with Gasteiger partial charge in [-0.25, -0.2) is 4.68 Å². The third kappa shape index (κ3) is 3.35. The molecule has 2 N–H and O–H groups in total. The van der Waals surface area contributed by atoms with Crippen molar-refractivity contribution in [2.24, 2.45) is 0 Å². The number of nitrogens with one attached hydrogen (secondary N) is 2. The first kappa shape index (κ1) is 18.7. The predicted octanol–water partition coefficient (Wildman–Crippen LogP) is 3.83. The quantitative estimate of drug-likeness (QED) is 0.709. The van der Waals surface area contributed by atoms with E-state index in [4.69, 9.17) is 4.74 Å². The maximum absolute atomic E-state index is 13.4. The summed E-state index contributed by atoms with van der Waals surface area (Å²) in [7, 11) is 1.63. The first-order chi connectivity index (χ1) is 14.0. The molecule has 29 heavy (non-hydrogen) atoms. The second-order valence-corrected chi connectivity index (χ2v) is 7.07. The third-order valence-electron chi connectivity index (χ3n) is 5.32. The van der Waals surface area contributed by atoms with Crippen molar-refractivity contribution in [3.63, 3.8) is 0 Å². The zero-order valence-corrected chi connectivity index (χ0v) is 16.9. The van der Waals surface area contributed by atoms with Crippen LogP contribution in [0.5, 0.6) is 5.75 Å². The number of hydrogen-bond acceptors (Lipinski definition) is 5. The molecule has 3 aromatic rings. The van der Waals surface area contributed by atoms with Gasteiger partial charge in [-0.1, -0.05) is 24.3 Å². The Morgan fingerprint density at radius 3 is 2.62 bits per heavy atom. The molecule has 2 aromatic carbocycles. The van der Waals surface area contributed by atoms with Crippen LogP contribution in [-0.4, -0.2) is 27.8 Å². The smallest absolute Gasteiger partial charge is 0.255 e. The van der Waals surface area contributed by atoms with Crippen molar-refractivity contribution < 1.29 is 9.53 Å². The highest BCUT2D eigenvalue weighted by atomic mass is 16.5. The van der Waals surface area contributed by atoms with E-state index in [0.717, 1.165) is 33.8 Å². The predicted molar refractivity (Wildman–Crippen MR) is 112 cm³/mol. The first-order valence-electron chi connectivity index (χ1n) is 9.38. The lowest BCUT2D eigenvalue weighted by atomic mass is 9.94. The number of carbonyl (C=O) groups excluding carboxylic acids is 1. The number of hydrogen-bond donors (Lipinski definition) is 2. The molecule has 0 spiro atoms. The SMILES string of the molecule is COc1ccc(C2C(C(=O)Nc3cccc(C)c3C)=C(C)Nc3ncnn32)cc1. The van der Waals surface area contributed by atoms with E-state index in [0.29, 0.717) is 11.5 Å². The summed E-state index contributed by atoms with van der Waals surface area (Å²) >= 11 is 0. The van der Waals surface area contributed by atoms with Gasteiger partial charge in [-0.15, -0.1) is 0 Å². The topological polar surface area (TPSA) is 81.1 Å². The lowest BCUT2D eigenvalue weighted by Gasteiger charge is -2.29. The summed E-state index contributed by atoms with van der Waals surface area (Å²) < 4.78 is 7.00. The van der Waals surface area contributed by atoms with Crippen LogP contribution < -0.4 is 15.4 Å². The number of benzene rings is 2. The van der Waals surface area contributed by atoms with Crippen LogP contribution in [0.15, 0.2) is 60.1 Å². The summed E-state index contributed by atoms with van der Waals surface area (Å²) in [5.41, 5.74) is 5.23. The van der Waals surface area contributed by atoms with Gasteiger partial charge < -0.3 is 15.4 Å². The molecule has 1 atom stereocenters. The molecule has 0 fully saturated rings. The van der Waals surface area contributed by atoms with Crippen molar-refractivity contribution >= 4 is 17.5 Å². The number of ether oxygens (including phenoxy) is 1. The Bertz CT molecular complexity index is 1100. The highest BCUT2D eigenvalue weighted by molar-refractivity contribution is 6.06. The number of anilines is 2. The van der Waals surface area contributed by atoms with E-state index in [2.05, 4.69) is 20.7 Å². The van der Waals surface area contributed by atoms with Gasteiger partial charge in [0.05, 0.1) is 12.7 Å². The van der Waals surface area contributed by atoms with Gasteiger partial charge in [-0.05, 0) is 55.7 Å². The number of nitrogens with zero attached hydrogens (tertiary/aromatic N) is 3. The molecule has 4 rings (SSSR count). The van der Waals surface area contributed by atoms with Crippen LogP contribution in [-0.2, 0) is 4.79 Å². The molecule has 1 aliphatic heterocycles. The van der Waals surface area contributed by atoms with Crippen LogP contribution in [0.25, 0.3) is 0 Å². The maximum Gasteiger partial charge on any atom is 0.255 e. The summed E-state index contributed by atoms with van der Waals surface area (Å²) in [6.45, 7) is 5.91. The van der Waals surface area contributed by atoms with Gasteiger partial charge in [0.2, 0.25) is 5.95 Å². The number of methoxy groups -OCH3 is 1. The highest BCUT2D eigenvalue weighted by Crippen LogP contribution is 2.36. The highest BCUT2D eigenvalue weighted by Gasteiger charge is 2.33. The van der Waals surface area contributed by atoms with E-state index < -0.39 is 6.04 Å². The van der Waals surface area contributed by atoms with Crippen molar-refractivity contribution in [3.8, 4) is 5.75 Å². The Hall–Kier alpha value is -3.61. The van der Waals surface area contributed by atoms with Gasteiger partial charge >= 0.3 is 0 Å². The van der Waals surface area contributed by atoms with E-state index in [1.807, 2.05) is 63.2 Å². The fourth-order valence-electron chi connectivity index (χ4n) is 3.56. The minimum atomic E-state index is -0.398. The van der Waals surface area contributed by atoms with Crippen LogP contribution in [0, 0.1) is 13.8 Å². The van der Waals surface area contributed by atoms with Gasteiger partial charge in [-0.3, -0.25) is 4.79 Å². The molecule has 2 heterocycles. The fraction of sp³-hybridized carbons (Fsp3) is 0.227. The lowest BCUT2D eigenvalue weighted by Crippen LogP contribution is -2.31. The summed E-state index contributed by atoms with van der Waals surface area (Å²) in [6.07, 6.45) is 1.48. The van der Waals surface area contributed by atoms with Crippen molar-refractivity contribution in [2.75, 3.05) is 17.7 Å². The van der Waals surface area contributed by atoms with Crippen molar-refractivity contribution in [1.29, 1.82) is 0 Å². The van der Waals surface area contributed by atoms with Crippen molar-refractivity contribution in [2.45, 2.75) is 26.8 Å². The number of aryl methyl sites for hydroxylation is 1. The summed E-state index contributed by atoms with van der Waals surface area (Å²) in [6, 6.07) is 13.1. The molecular formula is C22H23N5O2. The molecule has 7 heteroatoms. The molecule has 0 aliphatic carbocycles.